The summed E-state index contributed by atoms with van der Waals surface area (Å²) in [7, 11) is 2.17. The molecule has 1 saturated heterocycles. The second-order valence-electron chi connectivity index (χ2n) is 6.88. The van der Waals surface area contributed by atoms with Crippen LogP contribution in [0, 0.1) is 0 Å². The van der Waals surface area contributed by atoms with E-state index < -0.39 is 0 Å². The van der Waals surface area contributed by atoms with E-state index in [4.69, 9.17) is 4.98 Å². The SMILES string of the molecule is Cn1c(N2CCCC2)nc(Cc2ccccc2)c1Cc1ccccc1. The lowest BCUT2D eigenvalue weighted by Crippen LogP contribution is -2.21. The van der Waals surface area contributed by atoms with Crippen LogP contribution in [-0.4, -0.2) is 22.6 Å². The molecule has 4 rings (SSSR count). The van der Waals surface area contributed by atoms with Crippen molar-refractivity contribution >= 4 is 5.95 Å². The highest BCUT2D eigenvalue weighted by atomic mass is 15.3. The Kier molecular flexibility index (Phi) is 4.55. The van der Waals surface area contributed by atoms with Gasteiger partial charge >= 0.3 is 0 Å². The van der Waals surface area contributed by atoms with Gasteiger partial charge in [-0.3, -0.25) is 0 Å². The summed E-state index contributed by atoms with van der Waals surface area (Å²) in [6.45, 7) is 2.25. The van der Waals surface area contributed by atoms with Gasteiger partial charge in [0.15, 0.2) is 0 Å². The van der Waals surface area contributed by atoms with Gasteiger partial charge in [-0.2, -0.15) is 0 Å². The van der Waals surface area contributed by atoms with Crippen molar-refractivity contribution in [2.24, 2.45) is 7.05 Å². The Morgan fingerprint density at radius 3 is 1.96 bits per heavy atom. The minimum Gasteiger partial charge on any atom is -0.342 e. The molecule has 3 aromatic rings. The van der Waals surface area contributed by atoms with Crippen LogP contribution in [0.15, 0.2) is 60.7 Å². The smallest absolute Gasteiger partial charge is 0.205 e. The molecule has 0 aliphatic carbocycles. The van der Waals surface area contributed by atoms with E-state index in [1.807, 2.05) is 0 Å². The fourth-order valence-corrected chi connectivity index (χ4v) is 3.72. The standard InChI is InChI=1S/C22H25N3/c1-24-21(17-19-12-6-3-7-13-19)20(16-18-10-4-2-5-11-18)23-22(24)25-14-8-9-15-25/h2-7,10-13H,8-9,14-17H2,1H3. The Balaban J connectivity index is 1.70. The molecular weight excluding hydrogens is 306 g/mol. The Bertz CT molecular complexity index is 815. The number of aromatic nitrogens is 2. The van der Waals surface area contributed by atoms with Gasteiger partial charge in [-0.25, -0.2) is 4.98 Å². The van der Waals surface area contributed by atoms with Crippen molar-refractivity contribution in [1.82, 2.24) is 9.55 Å². The number of nitrogens with zero attached hydrogens (tertiary/aromatic N) is 3. The third-order valence-electron chi connectivity index (χ3n) is 5.09. The van der Waals surface area contributed by atoms with E-state index >= 15 is 0 Å². The summed E-state index contributed by atoms with van der Waals surface area (Å²) in [6.07, 6.45) is 4.37. The first-order valence-electron chi connectivity index (χ1n) is 9.18. The highest BCUT2D eigenvalue weighted by Gasteiger charge is 2.22. The summed E-state index contributed by atoms with van der Waals surface area (Å²) >= 11 is 0. The number of benzene rings is 2. The Morgan fingerprint density at radius 2 is 1.36 bits per heavy atom. The number of rotatable bonds is 5. The molecule has 0 bridgehead atoms. The molecule has 1 aliphatic heterocycles. The van der Waals surface area contributed by atoms with Gasteiger partial charge in [0.2, 0.25) is 5.95 Å². The summed E-state index contributed by atoms with van der Waals surface area (Å²) in [5.74, 6) is 1.13. The van der Waals surface area contributed by atoms with Crippen LogP contribution >= 0.6 is 0 Å². The summed E-state index contributed by atoms with van der Waals surface area (Å²) < 4.78 is 2.32. The largest absolute Gasteiger partial charge is 0.342 e. The van der Waals surface area contributed by atoms with Gasteiger partial charge < -0.3 is 9.47 Å². The van der Waals surface area contributed by atoms with Gasteiger partial charge in [0.1, 0.15) is 0 Å². The van der Waals surface area contributed by atoms with Crippen molar-refractivity contribution in [3.05, 3.63) is 83.2 Å². The number of anilines is 1. The molecule has 0 spiro atoms. The van der Waals surface area contributed by atoms with Crippen molar-refractivity contribution in [1.29, 1.82) is 0 Å². The van der Waals surface area contributed by atoms with Gasteiger partial charge in [0.05, 0.1) is 5.69 Å². The van der Waals surface area contributed by atoms with E-state index in [9.17, 15) is 0 Å². The first kappa shape index (κ1) is 15.9. The normalized spacial score (nSPS) is 14.2. The predicted molar refractivity (Wildman–Crippen MR) is 103 cm³/mol. The molecule has 0 radical (unpaired) electrons. The molecule has 0 atom stereocenters. The average molecular weight is 331 g/mol. The van der Waals surface area contributed by atoms with Gasteiger partial charge in [0.25, 0.3) is 0 Å². The third-order valence-corrected chi connectivity index (χ3v) is 5.09. The molecule has 2 aromatic carbocycles. The van der Waals surface area contributed by atoms with Crippen LogP contribution in [0.3, 0.4) is 0 Å². The zero-order valence-corrected chi connectivity index (χ0v) is 14.9. The second-order valence-corrected chi connectivity index (χ2v) is 6.88. The van der Waals surface area contributed by atoms with Crippen LogP contribution in [-0.2, 0) is 19.9 Å². The Hall–Kier alpha value is -2.55. The lowest BCUT2D eigenvalue weighted by Gasteiger charge is -2.17. The molecule has 1 aromatic heterocycles. The predicted octanol–water partition coefficient (Wildman–Crippen LogP) is 4.20. The molecule has 25 heavy (non-hydrogen) atoms. The lowest BCUT2D eigenvalue weighted by atomic mass is 10.0. The van der Waals surface area contributed by atoms with Gasteiger partial charge in [-0.1, -0.05) is 60.7 Å². The van der Waals surface area contributed by atoms with E-state index in [0.29, 0.717) is 0 Å². The zero-order valence-electron chi connectivity index (χ0n) is 14.9. The molecule has 3 heteroatoms. The van der Waals surface area contributed by atoms with Crippen LogP contribution in [0.2, 0.25) is 0 Å². The van der Waals surface area contributed by atoms with Gasteiger partial charge in [-0.05, 0) is 24.0 Å². The van der Waals surface area contributed by atoms with Crippen LogP contribution in [0.25, 0.3) is 0 Å². The van der Waals surface area contributed by atoms with E-state index in [1.54, 1.807) is 0 Å². The first-order chi connectivity index (χ1) is 12.3. The van der Waals surface area contributed by atoms with Crippen molar-refractivity contribution < 1.29 is 0 Å². The fraction of sp³-hybridized carbons (Fsp3) is 0.318. The highest BCUT2D eigenvalue weighted by molar-refractivity contribution is 5.41. The number of imidazole rings is 1. The second kappa shape index (κ2) is 7.14. The zero-order chi connectivity index (χ0) is 17.1. The molecule has 0 N–H and O–H groups in total. The molecule has 2 heterocycles. The molecule has 3 nitrogen and oxygen atoms in total. The molecule has 0 saturated carbocycles. The number of hydrogen-bond acceptors (Lipinski definition) is 2. The topological polar surface area (TPSA) is 21.1 Å². The van der Waals surface area contributed by atoms with E-state index in [1.165, 1.54) is 35.4 Å². The summed E-state index contributed by atoms with van der Waals surface area (Å²) in [6, 6.07) is 21.4. The van der Waals surface area contributed by atoms with Crippen LogP contribution in [0.1, 0.15) is 35.4 Å². The molecule has 128 valence electrons. The molecule has 1 fully saturated rings. The van der Waals surface area contributed by atoms with Crippen LogP contribution in [0.5, 0.6) is 0 Å². The maximum absolute atomic E-state index is 5.07. The Morgan fingerprint density at radius 1 is 0.800 bits per heavy atom. The van der Waals surface area contributed by atoms with E-state index in [2.05, 4.69) is 77.2 Å². The van der Waals surface area contributed by atoms with Crippen molar-refractivity contribution in [2.75, 3.05) is 18.0 Å². The average Bonchev–Trinajstić information content (AvgIpc) is 3.27. The quantitative estimate of drug-likeness (QED) is 0.698. The lowest BCUT2D eigenvalue weighted by molar-refractivity contribution is 0.789. The maximum atomic E-state index is 5.07. The van der Waals surface area contributed by atoms with Crippen LogP contribution < -0.4 is 4.90 Å². The minimum atomic E-state index is 0.894. The third kappa shape index (κ3) is 3.46. The maximum Gasteiger partial charge on any atom is 0.205 e. The van der Waals surface area contributed by atoms with Crippen LogP contribution in [0.4, 0.5) is 5.95 Å². The fourth-order valence-electron chi connectivity index (χ4n) is 3.72. The molecule has 1 aliphatic rings. The Labute approximate surface area is 149 Å². The molecule has 0 amide bonds. The molecular formula is C22H25N3. The summed E-state index contributed by atoms with van der Waals surface area (Å²) in [5, 5.41) is 0. The van der Waals surface area contributed by atoms with E-state index in [-0.39, 0.29) is 0 Å². The highest BCUT2D eigenvalue weighted by Crippen LogP contribution is 2.25. The van der Waals surface area contributed by atoms with Gasteiger partial charge in [0, 0.05) is 38.7 Å². The monoisotopic (exact) mass is 331 g/mol. The first-order valence-corrected chi connectivity index (χ1v) is 9.18. The van der Waals surface area contributed by atoms with Crippen molar-refractivity contribution in [3.63, 3.8) is 0 Å². The number of hydrogen-bond donors (Lipinski definition) is 0. The summed E-state index contributed by atoms with van der Waals surface area (Å²) in [5.41, 5.74) is 5.20. The van der Waals surface area contributed by atoms with Crippen molar-refractivity contribution in [2.45, 2.75) is 25.7 Å². The minimum absolute atomic E-state index is 0.894. The summed E-state index contributed by atoms with van der Waals surface area (Å²) in [4.78, 5) is 7.51. The van der Waals surface area contributed by atoms with E-state index in [0.717, 1.165) is 31.9 Å². The van der Waals surface area contributed by atoms with Gasteiger partial charge in [-0.15, -0.1) is 0 Å². The molecule has 0 unspecified atom stereocenters. The van der Waals surface area contributed by atoms with Crippen molar-refractivity contribution in [3.8, 4) is 0 Å².